The molecule has 0 unspecified atom stereocenters. The number of rotatable bonds is 6. The van der Waals surface area contributed by atoms with Gasteiger partial charge >= 0.3 is 0 Å². The molecule has 10 heteroatoms. The Balaban J connectivity index is 1.43. The van der Waals surface area contributed by atoms with Gasteiger partial charge in [-0.05, 0) is 23.7 Å². The highest BCUT2D eigenvalue weighted by molar-refractivity contribution is 7.71. The van der Waals surface area contributed by atoms with Gasteiger partial charge < -0.3 is 4.57 Å². The van der Waals surface area contributed by atoms with Crippen LogP contribution >= 0.6 is 34.9 Å². The predicted molar refractivity (Wildman–Crippen MR) is 123 cm³/mol. The maximum atomic E-state index is 12.6. The third-order valence-corrected chi connectivity index (χ3v) is 6.71. The van der Waals surface area contributed by atoms with E-state index in [9.17, 15) is 4.79 Å². The Kier molecular flexibility index (Phi) is 5.89. The molecule has 0 spiro atoms. The first kappa shape index (κ1) is 20.6. The Morgan fingerprint density at radius 2 is 1.97 bits per heavy atom. The Morgan fingerprint density at radius 1 is 1.20 bits per heavy atom. The number of carbonyl (C=O) groups is 1. The number of H-pyrrole nitrogens is 1. The van der Waals surface area contributed by atoms with Crippen LogP contribution in [0.2, 0.25) is 0 Å². The molecule has 4 rings (SSSR count). The first-order valence-electron chi connectivity index (χ1n) is 9.32. The summed E-state index contributed by atoms with van der Waals surface area (Å²) >= 11 is 7.95. The quantitative estimate of drug-likeness (QED) is 0.398. The summed E-state index contributed by atoms with van der Waals surface area (Å²) < 4.78 is 2.36. The van der Waals surface area contributed by atoms with E-state index in [4.69, 9.17) is 12.2 Å². The molecule has 0 fully saturated rings. The van der Waals surface area contributed by atoms with Crippen molar-refractivity contribution in [2.75, 3.05) is 5.32 Å². The molecule has 2 N–H and O–H groups in total. The number of nitrogens with zero attached hydrogens (tertiary/aromatic N) is 4. The number of nitrogens with one attached hydrogen (secondary N) is 2. The van der Waals surface area contributed by atoms with Crippen molar-refractivity contribution < 1.29 is 4.79 Å². The molecule has 1 aromatic carbocycles. The minimum atomic E-state index is -0.268. The van der Waals surface area contributed by atoms with Gasteiger partial charge in [-0.15, -0.1) is 22.7 Å². The zero-order valence-electron chi connectivity index (χ0n) is 16.7. The van der Waals surface area contributed by atoms with Gasteiger partial charge in [-0.25, -0.2) is 9.97 Å². The van der Waals surface area contributed by atoms with E-state index in [1.807, 2.05) is 24.6 Å². The minimum Gasteiger partial charge on any atom is -0.307 e. The van der Waals surface area contributed by atoms with E-state index in [1.165, 1.54) is 28.2 Å². The molecule has 4 aromatic rings. The molecule has 30 heavy (non-hydrogen) atoms. The number of hydrogen-bond acceptors (Lipinski definition) is 7. The average Bonchev–Trinajstić information content (AvgIpc) is 3.46. The van der Waals surface area contributed by atoms with Crippen molar-refractivity contribution in [2.24, 2.45) is 7.05 Å². The van der Waals surface area contributed by atoms with Crippen molar-refractivity contribution >= 4 is 45.9 Å². The first-order chi connectivity index (χ1) is 14.4. The van der Waals surface area contributed by atoms with Crippen LogP contribution in [-0.4, -0.2) is 30.6 Å². The molecule has 0 radical (unpaired) electrons. The molecular weight excluding hydrogens is 436 g/mol. The highest BCUT2D eigenvalue weighted by Crippen LogP contribution is 2.26. The summed E-state index contributed by atoms with van der Waals surface area (Å²) in [6, 6.07) is 8.30. The van der Waals surface area contributed by atoms with Crippen LogP contribution in [0.4, 0.5) is 5.13 Å². The first-order valence-corrected chi connectivity index (χ1v) is 11.5. The van der Waals surface area contributed by atoms with E-state index in [0.29, 0.717) is 27.9 Å². The van der Waals surface area contributed by atoms with Crippen LogP contribution in [-0.2, 0) is 13.5 Å². The number of anilines is 1. The summed E-state index contributed by atoms with van der Waals surface area (Å²) in [6.45, 7) is 4.33. The average molecular weight is 457 g/mol. The number of aromatic amines is 1. The summed E-state index contributed by atoms with van der Waals surface area (Å²) in [4.78, 5) is 21.6. The molecule has 1 amide bonds. The fourth-order valence-electron chi connectivity index (χ4n) is 2.83. The van der Waals surface area contributed by atoms with Crippen molar-refractivity contribution in [1.29, 1.82) is 0 Å². The lowest BCUT2D eigenvalue weighted by Crippen LogP contribution is -2.12. The van der Waals surface area contributed by atoms with Crippen molar-refractivity contribution in [3.05, 3.63) is 62.6 Å². The van der Waals surface area contributed by atoms with Crippen LogP contribution in [0.5, 0.6) is 0 Å². The second-order valence-electron chi connectivity index (χ2n) is 7.09. The Hall–Kier alpha value is -2.69. The number of benzene rings is 1. The standard InChI is InChI=1S/C20H20N6OS3/c1-11(2)12-4-6-13(7-5-12)18-22-15(10-29-18)17(27)23-19-21-14(9-30-19)8-16-24-25-20(28)26(16)3/h4-7,9-11H,8H2,1-3H3,(H,25,28)(H,21,23,27). The van der Waals surface area contributed by atoms with E-state index >= 15 is 0 Å². The Labute approximate surface area is 186 Å². The number of aromatic nitrogens is 5. The van der Waals surface area contributed by atoms with Crippen molar-refractivity contribution in [2.45, 2.75) is 26.2 Å². The monoisotopic (exact) mass is 456 g/mol. The van der Waals surface area contributed by atoms with Crippen LogP contribution in [0.15, 0.2) is 35.0 Å². The molecule has 3 heterocycles. The maximum Gasteiger partial charge on any atom is 0.276 e. The van der Waals surface area contributed by atoms with Gasteiger partial charge in [0.05, 0.1) is 12.1 Å². The number of carbonyl (C=O) groups excluding carboxylic acids is 1. The Bertz CT molecular complexity index is 1230. The van der Waals surface area contributed by atoms with Crippen molar-refractivity contribution in [1.82, 2.24) is 24.7 Å². The highest BCUT2D eigenvalue weighted by atomic mass is 32.1. The summed E-state index contributed by atoms with van der Waals surface area (Å²) in [7, 11) is 1.85. The lowest BCUT2D eigenvalue weighted by molar-refractivity contribution is 0.102. The minimum absolute atomic E-state index is 0.268. The van der Waals surface area contributed by atoms with Gasteiger partial charge in [0.2, 0.25) is 0 Å². The Morgan fingerprint density at radius 3 is 2.63 bits per heavy atom. The fraction of sp³-hybridized carbons (Fsp3) is 0.250. The zero-order valence-corrected chi connectivity index (χ0v) is 19.1. The molecule has 0 saturated carbocycles. The molecule has 0 saturated heterocycles. The normalized spacial score (nSPS) is 11.2. The topological polar surface area (TPSA) is 88.5 Å². The molecule has 3 aromatic heterocycles. The maximum absolute atomic E-state index is 12.6. The molecule has 0 atom stereocenters. The largest absolute Gasteiger partial charge is 0.307 e. The van der Waals surface area contributed by atoms with E-state index in [0.717, 1.165) is 22.1 Å². The SMILES string of the molecule is CC(C)c1ccc(-c2nc(C(=O)Nc3nc(Cc4n[nH]c(=S)n4C)cs3)cs2)cc1. The van der Waals surface area contributed by atoms with Gasteiger partial charge in [-0.2, -0.15) is 5.10 Å². The number of thiazole rings is 2. The summed E-state index contributed by atoms with van der Waals surface area (Å²) in [5.74, 6) is 1.00. The molecule has 0 aliphatic heterocycles. The van der Waals surface area contributed by atoms with Gasteiger partial charge in [0.15, 0.2) is 9.90 Å². The zero-order chi connectivity index (χ0) is 21.3. The van der Waals surface area contributed by atoms with Crippen molar-refractivity contribution in [3.63, 3.8) is 0 Å². The second-order valence-corrected chi connectivity index (χ2v) is 9.20. The van der Waals surface area contributed by atoms with Gasteiger partial charge in [0, 0.05) is 23.4 Å². The lowest BCUT2D eigenvalue weighted by atomic mass is 10.0. The molecule has 7 nitrogen and oxygen atoms in total. The van der Waals surface area contributed by atoms with Gasteiger partial charge in [0.1, 0.15) is 16.5 Å². The highest BCUT2D eigenvalue weighted by Gasteiger charge is 2.15. The molecular formula is C20H20N6OS3. The fourth-order valence-corrected chi connectivity index (χ4v) is 4.49. The van der Waals surface area contributed by atoms with Crippen LogP contribution in [0.1, 0.15) is 47.3 Å². The van der Waals surface area contributed by atoms with Crippen LogP contribution in [0.3, 0.4) is 0 Å². The van der Waals surface area contributed by atoms with E-state index < -0.39 is 0 Å². The third kappa shape index (κ3) is 4.40. The predicted octanol–water partition coefficient (Wildman–Crippen LogP) is 5.02. The summed E-state index contributed by atoms with van der Waals surface area (Å²) in [5.41, 5.74) is 3.49. The smallest absolute Gasteiger partial charge is 0.276 e. The van der Waals surface area contributed by atoms with Crippen LogP contribution in [0, 0.1) is 4.77 Å². The molecule has 154 valence electrons. The van der Waals surface area contributed by atoms with Crippen LogP contribution in [0.25, 0.3) is 10.6 Å². The van der Waals surface area contributed by atoms with E-state index in [1.54, 1.807) is 9.95 Å². The van der Waals surface area contributed by atoms with E-state index in [2.05, 4.69) is 51.5 Å². The summed E-state index contributed by atoms with van der Waals surface area (Å²) in [5, 5.41) is 14.8. The lowest BCUT2D eigenvalue weighted by Gasteiger charge is -2.05. The van der Waals surface area contributed by atoms with Crippen molar-refractivity contribution in [3.8, 4) is 10.6 Å². The van der Waals surface area contributed by atoms with Gasteiger partial charge in [0.25, 0.3) is 5.91 Å². The van der Waals surface area contributed by atoms with Gasteiger partial charge in [-0.3, -0.25) is 15.2 Å². The second kappa shape index (κ2) is 8.58. The van der Waals surface area contributed by atoms with Gasteiger partial charge in [-0.1, -0.05) is 38.1 Å². The molecule has 0 bridgehead atoms. The third-order valence-electron chi connectivity index (χ3n) is 4.64. The molecule has 0 aliphatic rings. The number of hydrogen-bond donors (Lipinski definition) is 2. The molecule has 0 aliphatic carbocycles. The van der Waals surface area contributed by atoms with E-state index in [-0.39, 0.29) is 5.91 Å². The van der Waals surface area contributed by atoms with Crippen LogP contribution < -0.4 is 5.32 Å². The number of amides is 1. The summed E-state index contributed by atoms with van der Waals surface area (Å²) in [6.07, 6.45) is 0.531.